The number of nitrogens with zero attached hydrogens (tertiary/aromatic N) is 1. The van der Waals surface area contributed by atoms with Crippen LogP contribution in [0.4, 0.5) is 5.13 Å². The summed E-state index contributed by atoms with van der Waals surface area (Å²) in [5.41, 5.74) is 0.637. The Labute approximate surface area is 153 Å². The van der Waals surface area contributed by atoms with E-state index in [1.807, 2.05) is 12.1 Å². The van der Waals surface area contributed by atoms with E-state index in [1.165, 1.54) is 11.3 Å². The van der Waals surface area contributed by atoms with Crippen molar-refractivity contribution in [2.75, 3.05) is 26.1 Å². The highest BCUT2D eigenvalue weighted by Crippen LogP contribution is 2.39. The van der Waals surface area contributed by atoms with E-state index >= 15 is 0 Å². The second kappa shape index (κ2) is 6.72. The van der Waals surface area contributed by atoms with E-state index in [-0.39, 0.29) is 12.5 Å². The van der Waals surface area contributed by atoms with E-state index in [9.17, 15) is 4.79 Å². The smallest absolute Gasteiger partial charge is 0.270 e. The summed E-state index contributed by atoms with van der Waals surface area (Å²) in [4.78, 5) is 17.0. The van der Waals surface area contributed by atoms with Gasteiger partial charge in [0.05, 0.1) is 14.2 Å². The topological polar surface area (TPSA) is 78.9 Å². The number of amides is 1. The molecule has 8 heteroatoms. The van der Waals surface area contributed by atoms with Crippen molar-refractivity contribution in [1.29, 1.82) is 0 Å². The van der Waals surface area contributed by atoms with Crippen LogP contribution >= 0.6 is 11.3 Å². The van der Waals surface area contributed by atoms with Crippen molar-refractivity contribution < 1.29 is 23.7 Å². The quantitative estimate of drug-likeness (QED) is 0.758. The molecule has 2 aromatic carbocycles. The summed E-state index contributed by atoms with van der Waals surface area (Å²) in [7, 11) is 3.16. The van der Waals surface area contributed by atoms with Gasteiger partial charge in [0.25, 0.3) is 5.91 Å². The van der Waals surface area contributed by atoms with Crippen molar-refractivity contribution >= 4 is 32.6 Å². The Morgan fingerprint density at radius 2 is 1.88 bits per heavy atom. The average Bonchev–Trinajstić information content (AvgIpc) is 3.10. The summed E-state index contributed by atoms with van der Waals surface area (Å²) in [5.74, 6) is 2.14. The van der Waals surface area contributed by atoms with Crippen LogP contribution in [-0.2, 0) is 4.79 Å². The van der Waals surface area contributed by atoms with Crippen LogP contribution in [0.15, 0.2) is 36.4 Å². The molecule has 1 N–H and O–H groups in total. The van der Waals surface area contributed by atoms with E-state index in [1.54, 1.807) is 38.5 Å². The van der Waals surface area contributed by atoms with Crippen molar-refractivity contribution in [3.63, 3.8) is 0 Å². The maximum absolute atomic E-state index is 12.6. The maximum atomic E-state index is 12.6. The number of benzene rings is 2. The minimum atomic E-state index is -0.749. The Bertz CT molecular complexity index is 930. The first-order chi connectivity index (χ1) is 12.7. The lowest BCUT2D eigenvalue weighted by atomic mass is 10.2. The molecule has 0 fully saturated rings. The van der Waals surface area contributed by atoms with Crippen molar-refractivity contribution in [3.8, 4) is 23.0 Å². The van der Waals surface area contributed by atoms with Crippen LogP contribution in [0, 0.1) is 0 Å². The van der Waals surface area contributed by atoms with E-state index < -0.39 is 6.10 Å². The van der Waals surface area contributed by atoms with Crippen molar-refractivity contribution in [3.05, 3.63) is 36.4 Å². The first-order valence-electron chi connectivity index (χ1n) is 7.90. The molecule has 0 aliphatic carbocycles. The molecule has 0 spiro atoms. The number of nitrogens with one attached hydrogen (secondary N) is 1. The number of anilines is 1. The number of thiazole rings is 1. The third-order valence-corrected chi connectivity index (χ3v) is 4.93. The molecule has 0 saturated carbocycles. The van der Waals surface area contributed by atoms with Crippen LogP contribution in [0.25, 0.3) is 10.2 Å². The number of fused-ring (bicyclic) bond motifs is 2. The first kappa shape index (κ1) is 16.5. The zero-order chi connectivity index (χ0) is 18.1. The Morgan fingerprint density at radius 3 is 2.65 bits per heavy atom. The van der Waals surface area contributed by atoms with Gasteiger partial charge < -0.3 is 18.9 Å². The highest BCUT2D eigenvalue weighted by atomic mass is 32.1. The van der Waals surface area contributed by atoms with Crippen LogP contribution < -0.4 is 24.3 Å². The molecule has 1 atom stereocenters. The molecule has 0 unspecified atom stereocenters. The molecule has 0 saturated heterocycles. The summed E-state index contributed by atoms with van der Waals surface area (Å²) < 4.78 is 22.8. The zero-order valence-corrected chi connectivity index (χ0v) is 15.0. The molecule has 1 amide bonds. The van der Waals surface area contributed by atoms with Gasteiger partial charge in [-0.15, -0.1) is 0 Å². The molecule has 7 nitrogen and oxygen atoms in total. The van der Waals surface area contributed by atoms with Gasteiger partial charge in [-0.05, 0) is 24.3 Å². The van der Waals surface area contributed by atoms with E-state index in [0.29, 0.717) is 33.6 Å². The number of para-hydroxylation sites is 2. The van der Waals surface area contributed by atoms with Gasteiger partial charge in [0.1, 0.15) is 28.3 Å². The van der Waals surface area contributed by atoms with E-state index in [0.717, 1.165) is 4.70 Å². The zero-order valence-electron chi connectivity index (χ0n) is 14.1. The number of methoxy groups -OCH3 is 2. The van der Waals surface area contributed by atoms with Crippen LogP contribution in [0.1, 0.15) is 0 Å². The summed E-state index contributed by atoms with van der Waals surface area (Å²) in [6.07, 6.45) is -0.749. The first-order valence-corrected chi connectivity index (χ1v) is 8.72. The Hall–Kier alpha value is -3.00. The minimum Gasteiger partial charge on any atom is -0.495 e. The molecule has 26 heavy (non-hydrogen) atoms. The molecule has 4 rings (SSSR count). The van der Waals surface area contributed by atoms with Crippen LogP contribution in [0.5, 0.6) is 23.0 Å². The number of aromatic nitrogens is 1. The minimum absolute atomic E-state index is 0.139. The summed E-state index contributed by atoms with van der Waals surface area (Å²) in [5, 5.41) is 3.23. The lowest BCUT2D eigenvalue weighted by molar-refractivity contribution is -0.125. The second-order valence-corrected chi connectivity index (χ2v) is 6.52. The number of carbonyl (C=O) groups is 1. The number of ether oxygens (including phenoxy) is 4. The summed E-state index contributed by atoms with van der Waals surface area (Å²) in [6, 6.07) is 10.8. The normalized spacial score (nSPS) is 15.5. The largest absolute Gasteiger partial charge is 0.495 e. The lowest BCUT2D eigenvalue weighted by Gasteiger charge is -2.25. The standard InChI is InChI=1S/C18H16N2O5S/c1-22-12-7-8-13(23-2)16-15(12)19-18(26-16)20-17(21)14-9-24-10-5-3-4-6-11(10)25-14/h3-8,14H,9H2,1-2H3,(H,19,20,21)/t14-/m1/s1. The SMILES string of the molecule is COc1ccc(OC)c2sc(NC(=O)[C@H]3COc4ccccc4O3)nc12. The molecular formula is C18H16N2O5S. The molecule has 134 valence electrons. The monoisotopic (exact) mass is 372 g/mol. The number of rotatable bonds is 4. The fourth-order valence-electron chi connectivity index (χ4n) is 2.67. The summed E-state index contributed by atoms with van der Waals surface area (Å²) >= 11 is 1.31. The Kier molecular flexibility index (Phi) is 4.26. The van der Waals surface area contributed by atoms with Crippen LogP contribution in [0.2, 0.25) is 0 Å². The van der Waals surface area contributed by atoms with Crippen molar-refractivity contribution in [2.45, 2.75) is 6.10 Å². The molecular weight excluding hydrogens is 356 g/mol. The molecule has 2 heterocycles. The van der Waals surface area contributed by atoms with Gasteiger partial charge in [-0.2, -0.15) is 0 Å². The van der Waals surface area contributed by atoms with Gasteiger partial charge in [0.15, 0.2) is 16.6 Å². The third-order valence-electron chi connectivity index (χ3n) is 3.94. The van der Waals surface area contributed by atoms with Gasteiger partial charge in [-0.25, -0.2) is 4.98 Å². The van der Waals surface area contributed by atoms with Gasteiger partial charge in [-0.1, -0.05) is 23.5 Å². The highest BCUT2D eigenvalue weighted by Gasteiger charge is 2.28. The van der Waals surface area contributed by atoms with Crippen molar-refractivity contribution in [1.82, 2.24) is 4.98 Å². The van der Waals surface area contributed by atoms with E-state index in [4.69, 9.17) is 18.9 Å². The van der Waals surface area contributed by atoms with E-state index in [2.05, 4.69) is 10.3 Å². The van der Waals surface area contributed by atoms with Gasteiger partial charge in [0.2, 0.25) is 6.10 Å². The predicted molar refractivity (Wildman–Crippen MR) is 97.7 cm³/mol. The third kappa shape index (κ3) is 2.88. The van der Waals surface area contributed by atoms with Crippen molar-refractivity contribution in [2.24, 2.45) is 0 Å². The molecule has 0 bridgehead atoms. The summed E-state index contributed by atoms with van der Waals surface area (Å²) in [6.45, 7) is 0.139. The Morgan fingerprint density at radius 1 is 1.15 bits per heavy atom. The molecule has 1 aliphatic heterocycles. The fourth-order valence-corrected chi connectivity index (χ4v) is 3.65. The lowest BCUT2D eigenvalue weighted by Crippen LogP contribution is -2.40. The van der Waals surface area contributed by atoms with Crippen LogP contribution in [-0.4, -0.2) is 37.8 Å². The Balaban J connectivity index is 1.57. The van der Waals surface area contributed by atoms with Gasteiger partial charge in [-0.3, -0.25) is 10.1 Å². The predicted octanol–water partition coefficient (Wildman–Crippen LogP) is 3.09. The molecule has 1 aliphatic rings. The molecule has 0 radical (unpaired) electrons. The maximum Gasteiger partial charge on any atom is 0.270 e. The number of carbonyl (C=O) groups excluding carboxylic acids is 1. The average molecular weight is 372 g/mol. The fraction of sp³-hybridized carbons (Fsp3) is 0.222. The molecule has 1 aromatic heterocycles. The number of hydrogen-bond acceptors (Lipinski definition) is 7. The van der Waals surface area contributed by atoms with Crippen LogP contribution in [0.3, 0.4) is 0 Å². The second-order valence-electron chi connectivity index (χ2n) is 5.52. The van der Waals surface area contributed by atoms with Gasteiger partial charge in [0, 0.05) is 0 Å². The number of hydrogen-bond donors (Lipinski definition) is 1. The highest BCUT2D eigenvalue weighted by molar-refractivity contribution is 7.22. The molecule has 3 aromatic rings. The van der Waals surface area contributed by atoms with Gasteiger partial charge >= 0.3 is 0 Å².